The monoisotopic (exact) mass is 1210 g/mol. The summed E-state index contributed by atoms with van der Waals surface area (Å²) >= 11 is 1.55. The lowest BCUT2D eigenvalue weighted by Gasteiger charge is -2.44. The fourth-order valence-electron chi connectivity index (χ4n) is 11.0. The van der Waals surface area contributed by atoms with Crippen LogP contribution in [0.25, 0.3) is 21.6 Å². The van der Waals surface area contributed by atoms with Gasteiger partial charge in [0.15, 0.2) is 0 Å². The highest BCUT2D eigenvalue weighted by molar-refractivity contribution is 7.13. The summed E-state index contributed by atoms with van der Waals surface area (Å²) in [5.41, 5.74) is 1.37. The van der Waals surface area contributed by atoms with E-state index in [0.29, 0.717) is 88.7 Å². The SMILES string of the molecule is Cc1ncsc1-c1ccc(CNC(=O)[C@@H]2C[C@@H](O)CN2C(=O)C(NC(=O)CCCCCNC(=O)CCC(=O)N2CCN(c3ccc(-c4cc(NC(=O)c5c[nH]c(=O)cc5C(F)(F)F)c(N5C[C@@H](C)N(C)[C@@H](C)C5)cc4F)cn3)CC2)C(C)(C)C)cc1. The molecular formula is C61H76F4N12O8S. The molecule has 0 aliphatic carbocycles. The van der Waals surface area contributed by atoms with Gasteiger partial charge in [0.05, 0.1) is 44.7 Å². The lowest BCUT2D eigenvalue weighted by molar-refractivity contribution is -0.144. The molecule has 0 radical (unpaired) electrons. The number of hydrogen-bond donors (Lipinski definition) is 6. The average Bonchev–Trinajstić information content (AvgIpc) is 1.61. The molecule has 3 aromatic heterocycles. The molecule has 6 amide bonds. The standard InChI is InChI=1S/C61H76F4N12O8S/c1-36-32-76(33-37(2)73(36)7)48-28-46(62)43(26-47(48)71-57(83)44-31-68-53(81)27-45(44)61(63,64)65)41-16-17-50(67-30-41)74-21-23-75(24-22-74)54(82)19-18-51(79)66-20-10-8-9-11-52(80)72-56(60(4,5)6)59(85)77-34-42(78)25-49(77)58(84)69-29-39-12-14-40(15-13-39)55-38(3)70-35-86-55/h12-17,26-28,30-31,35-37,42,49,56,78H,8-11,18-25,29,32-34H2,1-7H3,(H,66,79)(H,68,81)(H,69,84)(H,71,83)(H,72,80)/t36-,37+,42-,49+,56?/m1/s1. The number of aliphatic hydroxyl groups excluding tert-OH is 1. The Morgan fingerprint density at radius 2 is 1.52 bits per heavy atom. The highest BCUT2D eigenvalue weighted by Gasteiger charge is 2.45. The third-order valence-corrected chi connectivity index (χ3v) is 17.2. The fraction of sp³-hybridized carbons (Fsp3) is 0.492. The highest BCUT2D eigenvalue weighted by Crippen LogP contribution is 2.38. The number of carbonyl (C=O) groups is 6. The quantitative estimate of drug-likeness (QED) is 0.0351. The van der Waals surface area contributed by atoms with Crippen molar-refractivity contribution >= 4 is 64.0 Å². The fourth-order valence-corrected chi connectivity index (χ4v) is 11.9. The number of likely N-dealkylation sites (N-methyl/N-ethyl adjacent to an activating group) is 1. The number of aromatic nitrogens is 3. The number of unbranched alkanes of at least 4 members (excludes halogenated alkanes) is 2. The van der Waals surface area contributed by atoms with Crippen LogP contribution < -0.4 is 36.6 Å². The van der Waals surface area contributed by atoms with Crippen molar-refractivity contribution < 1.29 is 51.4 Å². The van der Waals surface area contributed by atoms with E-state index in [1.807, 2.05) is 82.7 Å². The van der Waals surface area contributed by atoms with Crippen LogP contribution >= 0.6 is 11.3 Å². The first kappa shape index (κ1) is 64.2. The molecule has 0 saturated carbocycles. The number of aromatic amines is 1. The maximum atomic E-state index is 16.2. The van der Waals surface area contributed by atoms with Gasteiger partial charge in [-0.15, -0.1) is 11.3 Å². The first-order valence-corrected chi connectivity index (χ1v) is 29.9. The van der Waals surface area contributed by atoms with Gasteiger partial charge in [0, 0.05) is 126 Å². The number of benzene rings is 2. The Hall–Kier alpha value is -7.77. The molecule has 1 unspecified atom stereocenters. The highest BCUT2D eigenvalue weighted by atomic mass is 32.1. The number of β-amino-alcohol motifs (C(OH)–C–C–N with tert-alkyl or cyclic N) is 1. The molecule has 3 fully saturated rings. The number of nitrogens with zero attached hydrogens (tertiary/aromatic N) is 7. The molecular weight excluding hydrogens is 1140 g/mol. The Balaban J connectivity index is 0.757. The van der Waals surface area contributed by atoms with Gasteiger partial charge in [-0.1, -0.05) is 51.5 Å². The lowest BCUT2D eigenvalue weighted by Crippen LogP contribution is -2.57. The number of H-pyrrole nitrogens is 1. The second-order valence-corrected chi connectivity index (χ2v) is 24.4. The van der Waals surface area contributed by atoms with E-state index >= 15 is 4.39 Å². The molecule has 8 rings (SSSR count). The van der Waals surface area contributed by atoms with Crippen LogP contribution in [-0.2, 0) is 36.7 Å². The number of anilines is 3. The van der Waals surface area contributed by atoms with Gasteiger partial charge in [0.2, 0.25) is 35.1 Å². The number of piperazine rings is 2. The Kier molecular flexibility index (Phi) is 20.7. The largest absolute Gasteiger partial charge is 0.417 e. The first-order valence-electron chi connectivity index (χ1n) is 29.0. The molecule has 2 aromatic carbocycles. The second-order valence-electron chi connectivity index (χ2n) is 23.6. The Bertz CT molecular complexity index is 3300. The molecule has 0 bridgehead atoms. The van der Waals surface area contributed by atoms with Crippen molar-refractivity contribution in [2.45, 2.75) is 129 Å². The molecule has 3 saturated heterocycles. The van der Waals surface area contributed by atoms with Crippen LogP contribution in [0.15, 0.2) is 77.3 Å². The predicted octanol–water partition coefficient (Wildman–Crippen LogP) is 6.72. The number of nitrogens with one attached hydrogen (secondary N) is 5. The molecule has 25 heteroatoms. The molecule has 462 valence electrons. The van der Waals surface area contributed by atoms with Gasteiger partial charge >= 0.3 is 6.18 Å². The van der Waals surface area contributed by atoms with Gasteiger partial charge in [0.25, 0.3) is 5.91 Å². The van der Waals surface area contributed by atoms with Crippen LogP contribution in [0.3, 0.4) is 0 Å². The Morgan fingerprint density at radius 3 is 2.16 bits per heavy atom. The molecule has 5 atom stereocenters. The first-order chi connectivity index (χ1) is 40.7. The summed E-state index contributed by atoms with van der Waals surface area (Å²) in [6, 6.07) is 12.2. The molecule has 6 heterocycles. The van der Waals surface area contributed by atoms with Gasteiger partial charge in [-0.25, -0.2) is 14.4 Å². The number of halogens is 4. The van der Waals surface area contributed by atoms with Crippen LogP contribution in [0, 0.1) is 18.2 Å². The zero-order valence-electron chi connectivity index (χ0n) is 49.5. The minimum atomic E-state index is -5.01. The number of aryl methyl sites for hydroxylation is 1. The molecule has 86 heavy (non-hydrogen) atoms. The van der Waals surface area contributed by atoms with Crippen LogP contribution in [0.2, 0.25) is 0 Å². The van der Waals surface area contributed by atoms with Crippen molar-refractivity contribution in [2.75, 3.05) is 74.5 Å². The number of thiazole rings is 1. The summed E-state index contributed by atoms with van der Waals surface area (Å²) in [6.45, 7) is 14.4. The van der Waals surface area contributed by atoms with Crippen LogP contribution in [0.5, 0.6) is 0 Å². The number of rotatable bonds is 20. The zero-order valence-corrected chi connectivity index (χ0v) is 50.3. The van der Waals surface area contributed by atoms with E-state index in [2.05, 4.69) is 41.1 Å². The Morgan fingerprint density at radius 1 is 0.826 bits per heavy atom. The van der Waals surface area contributed by atoms with E-state index in [0.717, 1.165) is 21.7 Å². The van der Waals surface area contributed by atoms with Crippen molar-refractivity contribution in [3.8, 4) is 21.6 Å². The summed E-state index contributed by atoms with van der Waals surface area (Å²) in [4.78, 5) is 113. The Labute approximate surface area is 501 Å². The van der Waals surface area contributed by atoms with Crippen molar-refractivity contribution in [1.29, 1.82) is 0 Å². The summed E-state index contributed by atoms with van der Waals surface area (Å²) in [5, 5.41) is 21.8. The van der Waals surface area contributed by atoms with Gasteiger partial charge in [-0.2, -0.15) is 13.2 Å². The predicted molar refractivity (Wildman–Crippen MR) is 320 cm³/mol. The minimum absolute atomic E-state index is 0.00555. The summed E-state index contributed by atoms with van der Waals surface area (Å²) in [5.74, 6) is -2.88. The van der Waals surface area contributed by atoms with Crippen molar-refractivity contribution in [3.05, 3.63) is 111 Å². The summed E-state index contributed by atoms with van der Waals surface area (Å²) in [6.07, 6.45) is -1.88. The lowest BCUT2D eigenvalue weighted by atomic mass is 9.85. The van der Waals surface area contributed by atoms with Crippen LogP contribution in [0.4, 0.5) is 34.8 Å². The van der Waals surface area contributed by atoms with E-state index in [1.54, 1.807) is 33.9 Å². The van der Waals surface area contributed by atoms with Gasteiger partial charge in [-0.05, 0) is 81.5 Å². The third-order valence-electron chi connectivity index (χ3n) is 16.2. The van der Waals surface area contributed by atoms with Crippen molar-refractivity contribution in [2.24, 2.45) is 5.41 Å². The number of likely N-dealkylation sites (tertiary alicyclic amines) is 1. The maximum absolute atomic E-state index is 16.2. The zero-order chi connectivity index (χ0) is 62.2. The number of carbonyl (C=O) groups excluding carboxylic acids is 6. The van der Waals surface area contributed by atoms with Gasteiger partial charge < -0.3 is 51.0 Å². The molecule has 6 N–H and O–H groups in total. The normalized spacial score (nSPS) is 18.8. The maximum Gasteiger partial charge on any atom is 0.417 e. The topological polar surface area (TPSA) is 246 Å². The van der Waals surface area contributed by atoms with Gasteiger partial charge in [-0.3, -0.25) is 38.5 Å². The number of alkyl halides is 3. The molecule has 20 nitrogen and oxygen atoms in total. The smallest absolute Gasteiger partial charge is 0.391 e. The second kappa shape index (κ2) is 27.7. The van der Waals surface area contributed by atoms with E-state index in [9.17, 15) is 51.8 Å². The van der Waals surface area contributed by atoms with E-state index in [4.69, 9.17) is 0 Å². The molecule has 0 spiro atoms. The van der Waals surface area contributed by atoms with Crippen LogP contribution in [-0.4, -0.2) is 160 Å². The van der Waals surface area contributed by atoms with E-state index in [-0.39, 0.29) is 85.5 Å². The van der Waals surface area contributed by atoms with E-state index in [1.165, 1.54) is 23.2 Å². The third kappa shape index (κ3) is 16.0. The molecule has 3 aliphatic heterocycles. The van der Waals surface area contributed by atoms with E-state index < -0.39 is 70.0 Å². The van der Waals surface area contributed by atoms with Crippen molar-refractivity contribution in [3.63, 3.8) is 0 Å². The van der Waals surface area contributed by atoms with Crippen molar-refractivity contribution in [1.82, 2.24) is 45.6 Å². The summed E-state index contributed by atoms with van der Waals surface area (Å²) in [7, 11) is 1.96. The molecule has 5 aromatic rings. The van der Waals surface area contributed by atoms with Gasteiger partial charge in [0.1, 0.15) is 23.7 Å². The minimum Gasteiger partial charge on any atom is -0.391 e. The molecule has 3 aliphatic rings. The number of amides is 6. The number of hydrogen-bond acceptors (Lipinski definition) is 14. The number of aliphatic hydroxyl groups is 1. The number of pyridine rings is 2. The summed E-state index contributed by atoms with van der Waals surface area (Å²) < 4.78 is 58.2. The average molecular weight is 1210 g/mol. The van der Waals surface area contributed by atoms with Crippen LogP contribution in [0.1, 0.15) is 107 Å².